The van der Waals surface area contributed by atoms with Crippen LogP contribution in [0.15, 0.2) is 41.7 Å². The number of hydrogen-bond donors (Lipinski definition) is 0. The Balaban J connectivity index is 2.09. The van der Waals surface area contributed by atoms with E-state index in [4.69, 9.17) is 39.6 Å². The molecule has 0 aliphatic rings. The van der Waals surface area contributed by atoms with Crippen molar-refractivity contribution < 1.29 is 9.63 Å². The molecule has 0 aliphatic heterocycles. The van der Waals surface area contributed by atoms with Gasteiger partial charge in [0.1, 0.15) is 5.15 Å². The lowest BCUT2D eigenvalue weighted by molar-refractivity contribution is 0.0519. The molecule has 2 rings (SSSR count). The van der Waals surface area contributed by atoms with Crippen LogP contribution in [0.2, 0.25) is 15.2 Å². The fraction of sp³-hybridized carbons (Fsp3) is 0. The number of carbonyl (C=O) groups excluding carboxylic acids is 1. The summed E-state index contributed by atoms with van der Waals surface area (Å²) >= 11 is 17.6. The van der Waals surface area contributed by atoms with Gasteiger partial charge in [0.15, 0.2) is 0 Å². The summed E-state index contributed by atoms with van der Waals surface area (Å²) in [4.78, 5) is 20.2. The molecule has 4 nitrogen and oxygen atoms in total. The molecule has 20 heavy (non-hydrogen) atoms. The van der Waals surface area contributed by atoms with E-state index < -0.39 is 5.97 Å². The highest BCUT2D eigenvalue weighted by atomic mass is 35.5. The molecule has 0 aliphatic carbocycles. The average molecular weight is 330 g/mol. The summed E-state index contributed by atoms with van der Waals surface area (Å²) in [5.41, 5.74) is 0.660. The van der Waals surface area contributed by atoms with Crippen molar-refractivity contribution in [1.82, 2.24) is 4.98 Å². The Bertz CT molecular complexity index is 674. The van der Waals surface area contributed by atoms with E-state index in [1.807, 2.05) is 0 Å². The first-order valence-corrected chi connectivity index (χ1v) is 6.52. The van der Waals surface area contributed by atoms with Crippen LogP contribution in [0.25, 0.3) is 0 Å². The minimum absolute atomic E-state index is 0.0495. The SMILES string of the molecule is O=C(O/N=C\c1cccc(Cl)c1Cl)c1cccnc1Cl. The second-order valence-corrected chi connectivity index (χ2v) is 4.74. The molecule has 102 valence electrons. The predicted octanol–water partition coefficient (Wildman–Crippen LogP) is 4.23. The third-order valence-corrected chi connectivity index (χ3v) is 3.42. The Hall–Kier alpha value is -1.62. The molecule has 0 spiro atoms. The van der Waals surface area contributed by atoms with Gasteiger partial charge in [-0.15, -0.1) is 0 Å². The molecule has 0 atom stereocenters. The standard InChI is InChI=1S/C13H7Cl3N2O2/c14-10-5-1-3-8(11(10)15)7-18-20-13(19)9-4-2-6-17-12(9)16/h1-7H/b18-7-. The van der Waals surface area contributed by atoms with E-state index in [2.05, 4.69) is 10.1 Å². The number of rotatable bonds is 3. The van der Waals surface area contributed by atoms with Crippen LogP contribution >= 0.6 is 34.8 Å². The van der Waals surface area contributed by atoms with Gasteiger partial charge in [0.2, 0.25) is 0 Å². The molecule has 0 radical (unpaired) electrons. The molecule has 0 amide bonds. The number of halogens is 3. The number of benzene rings is 1. The summed E-state index contributed by atoms with van der Waals surface area (Å²) in [5, 5.41) is 4.32. The lowest BCUT2D eigenvalue weighted by Crippen LogP contribution is -2.02. The van der Waals surface area contributed by atoms with E-state index in [0.717, 1.165) is 0 Å². The van der Waals surface area contributed by atoms with E-state index in [-0.39, 0.29) is 10.7 Å². The Morgan fingerprint density at radius 1 is 1.20 bits per heavy atom. The highest BCUT2D eigenvalue weighted by Gasteiger charge is 2.12. The Morgan fingerprint density at radius 2 is 2.00 bits per heavy atom. The molecule has 1 heterocycles. The zero-order valence-corrected chi connectivity index (χ0v) is 12.2. The molecule has 7 heteroatoms. The van der Waals surface area contributed by atoms with E-state index >= 15 is 0 Å². The number of carbonyl (C=O) groups is 1. The zero-order chi connectivity index (χ0) is 14.5. The summed E-state index contributed by atoms with van der Waals surface area (Å²) in [6.45, 7) is 0. The highest BCUT2D eigenvalue weighted by Crippen LogP contribution is 2.24. The molecule has 0 unspecified atom stereocenters. The van der Waals surface area contributed by atoms with Crippen LogP contribution in [-0.2, 0) is 4.84 Å². The Kier molecular flexibility index (Phi) is 4.95. The van der Waals surface area contributed by atoms with Gasteiger partial charge in [-0.05, 0) is 18.2 Å². The lowest BCUT2D eigenvalue weighted by atomic mass is 10.2. The zero-order valence-electron chi connectivity index (χ0n) is 9.89. The fourth-order valence-corrected chi connectivity index (χ4v) is 1.89. The minimum Gasteiger partial charge on any atom is -0.313 e. The van der Waals surface area contributed by atoms with Crippen molar-refractivity contribution in [2.24, 2.45) is 5.16 Å². The largest absolute Gasteiger partial charge is 0.368 e. The van der Waals surface area contributed by atoms with Crippen molar-refractivity contribution >= 4 is 47.0 Å². The Morgan fingerprint density at radius 3 is 2.75 bits per heavy atom. The van der Waals surface area contributed by atoms with Crippen molar-refractivity contribution in [1.29, 1.82) is 0 Å². The van der Waals surface area contributed by atoms with Gasteiger partial charge < -0.3 is 4.84 Å². The van der Waals surface area contributed by atoms with Crippen LogP contribution in [0.4, 0.5) is 0 Å². The second-order valence-electron chi connectivity index (χ2n) is 3.60. The van der Waals surface area contributed by atoms with Crippen molar-refractivity contribution in [2.75, 3.05) is 0 Å². The van der Waals surface area contributed by atoms with Crippen LogP contribution in [0.5, 0.6) is 0 Å². The summed E-state index contributed by atoms with van der Waals surface area (Å²) in [5.74, 6) is -0.711. The average Bonchev–Trinajstić information content (AvgIpc) is 2.44. The molecule has 0 saturated carbocycles. The van der Waals surface area contributed by atoms with Gasteiger partial charge in [-0.1, -0.05) is 52.1 Å². The third kappa shape index (κ3) is 3.48. The molecular weight excluding hydrogens is 323 g/mol. The maximum absolute atomic E-state index is 11.7. The first-order chi connectivity index (χ1) is 9.59. The summed E-state index contributed by atoms with van der Waals surface area (Å²) in [6, 6.07) is 8.08. The number of oxime groups is 1. The molecule has 2 aromatic rings. The minimum atomic E-state index is -0.711. The van der Waals surface area contributed by atoms with E-state index in [0.29, 0.717) is 15.6 Å². The van der Waals surface area contributed by atoms with Crippen LogP contribution in [-0.4, -0.2) is 17.2 Å². The first-order valence-electron chi connectivity index (χ1n) is 5.39. The quantitative estimate of drug-likeness (QED) is 0.366. The normalized spacial score (nSPS) is 10.8. The van der Waals surface area contributed by atoms with Crippen molar-refractivity contribution in [3.8, 4) is 0 Å². The number of aromatic nitrogens is 1. The summed E-state index contributed by atoms with van der Waals surface area (Å²) in [7, 11) is 0. The van der Waals surface area contributed by atoms with E-state index in [1.54, 1.807) is 24.3 Å². The smallest absolute Gasteiger partial charge is 0.313 e. The molecule has 0 bridgehead atoms. The Labute approximate surface area is 129 Å². The van der Waals surface area contributed by atoms with Gasteiger partial charge >= 0.3 is 5.97 Å². The van der Waals surface area contributed by atoms with Gasteiger partial charge in [0.25, 0.3) is 0 Å². The summed E-state index contributed by atoms with van der Waals surface area (Å²) < 4.78 is 0. The van der Waals surface area contributed by atoms with Crippen molar-refractivity contribution in [3.05, 3.63) is 62.9 Å². The topological polar surface area (TPSA) is 51.5 Å². The van der Waals surface area contributed by atoms with Gasteiger partial charge in [-0.3, -0.25) is 0 Å². The van der Waals surface area contributed by atoms with Gasteiger partial charge in [-0.25, -0.2) is 9.78 Å². The van der Waals surface area contributed by atoms with E-state index in [9.17, 15) is 4.79 Å². The van der Waals surface area contributed by atoms with E-state index in [1.165, 1.54) is 18.5 Å². The monoisotopic (exact) mass is 328 g/mol. The van der Waals surface area contributed by atoms with Crippen LogP contribution in [0.3, 0.4) is 0 Å². The molecule has 1 aromatic carbocycles. The number of nitrogens with zero attached hydrogens (tertiary/aromatic N) is 2. The van der Waals surface area contributed by atoms with Crippen LogP contribution in [0.1, 0.15) is 15.9 Å². The molecule has 0 N–H and O–H groups in total. The lowest BCUT2D eigenvalue weighted by Gasteiger charge is -2.00. The van der Waals surface area contributed by atoms with Gasteiger partial charge in [0, 0.05) is 11.8 Å². The predicted molar refractivity (Wildman–Crippen MR) is 78.7 cm³/mol. The fourth-order valence-electron chi connectivity index (χ4n) is 1.34. The third-order valence-electron chi connectivity index (χ3n) is 2.29. The van der Waals surface area contributed by atoms with Crippen molar-refractivity contribution in [2.45, 2.75) is 0 Å². The molecule has 0 fully saturated rings. The maximum Gasteiger partial charge on any atom is 0.368 e. The molecule has 0 saturated heterocycles. The van der Waals surface area contributed by atoms with Gasteiger partial charge in [-0.2, -0.15) is 0 Å². The number of hydrogen-bond acceptors (Lipinski definition) is 4. The number of pyridine rings is 1. The highest BCUT2D eigenvalue weighted by molar-refractivity contribution is 6.43. The summed E-state index contributed by atoms with van der Waals surface area (Å²) in [6.07, 6.45) is 2.75. The van der Waals surface area contributed by atoms with Gasteiger partial charge in [0.05, 0.1) is 21.8 Å². The van der Waals surface area contributed by atoms with Crippen LogP contribution < -0.4 is 0 Å². The maximum atomic E-state index is 11.7. The molecular formula is C13H7Cl3N2O2. The molecule has 1 aromatic heterocycles. The first kappa shape index (κ1) is 14.8. The second kappa shape index (κ2) is 6.70. The van der Waals surface area contributed by atoms with Crippen molar-refractivity contribution in [3.63, 3.8) is 0 Å². The van der Waals surface area contributed by atoms with Crippen LogP contribution in [0, 0.1) is 0 Å².